The van der Waals surface area contributed by atoms with Gasteiger partial charge in [-0.15, -0.1) is 0 Å². The summed E-state index contributed by atoms with van der Waals surface area (Å²) in [5.41, 5.74) is 18.1. The molecular formula is C71H47N7. The van der Waals surface area contributed by atoms with Crippen LogP contribution in [-0.2, 0) is 0 Å². The van der Waals surface area contributed by atoms with Gasteiger partial charge < -0.3 is 18.3 Å². The van der Waals surface area contributed by atoms with Gasteiger partial charge in [0.25, 0.3) is 0 Å². The van der Waals surface area contributed by atoms with E-state index in [1.165, 1.54) is 43.1 Å². The summed E-state index contributed by atoms with van der Waals surface area (Å²) in [5, 5.41) is 9.57. The minimum atomic E-state index is 0.570. The fourth-order valence-electron chi connectivity index (χ4n) is 12.6. The van der Waals surface area contributed by atoms with Crippen LogP contribution in [0.4, 0.5) is 0 Å². The molecule has 0 saturated carbocycles. The van der Waals surface area contributed by atoms with E-state index in [0.29, 0.717) is 17.5 Å². The maximum absolute atomic E-state index is 5.69. The minimum Gasteiger partial charge on any atom is -0.309 e. The molecule has 366 valence electrons. The van der Waals surface area contributed by atoms with Crippen LogP contribution >= 0.6 is 0 Å². The van der Waals surface area contributed by atoms with Crippen molar-refractivity contribution in [3.63, 3.8) is 0 Å². The van der Waals surface area contributed by atoms with Gasteiger partial charge in [-0.3, -0.25) is 0 Å². The van der Waals surface area contributed by atoms with Gasteiger partial charge in [-0.1, -0.05) is 176 Å². The molecule has 0 spiro atoms. The Balaban J connectivity index is 1.02. The third-order valence-corrected chi connectivity index (χ3v) is 16.2. The summed E-state index contributed by atoms with van der Waals surface area (Å²) < 4.78 is 9.71. The van der Waals surface area contributed by atoms with Crippen molar-refractivity contribution in [2.45, 2.75) is 13.8 Å². The van der Waals surface area contributed by atoms with Crippen LogP contribution in [0.25, 0.3) is 144 Å². The number of aromatic nitrogens is 7. The monoisotopic (exact) mass is 997 g/mol. The molecule has 0 bridgehead atoms. The van der Waals surface area contributed by atoms with Crippen LogP contribution < -0.4 is 0 Å². The van der Waals surface area contributed by atoms with E-state index in [1.807, 2.05) is 6.07 Å². The Hall–Kier alpha value is -10.4. The topological polar surface area (TPSA) is 58.4 Å². The third kappa shape index (κ3) is 6.48. The molecule has 0 N–H and O–H groups in total. The van der Waals surface area contributed by atoms with Gasteiger partial charge in [0.15, 0.2) is 17.5 Å². The molecule has 0 saturated heterocycles. The van der Waals surface area contributed by atoms with Crippen molar-refractivity contribution in [2.24, 2.45) is 0 Å². The van der Waals surface area contributed by atoms with Gasteiger partial charge in [0.2, 0.25) is 0 Å². The number of hydrogen-bond acceptors (Lipinski definition) is 3. The Labute approximate surface area is 448 Å². The molecule has 5 heterocycles. The minimum absolute atomic E-state index is 0.570. The Kier molecular flexibility index (Phi) is 9.63. The summed E-state index contributed by atoms with van der Waals surface area (Å²) >= 11 is 0. The molecule has 0 aliphatic heterocycles. The molecule has 7 nitrogen and oxygen atoms in total. The van der Waals surface area contributed by atoms with E-state index >= 15 is 0 Å². The molecule has 0 unspecified atom stereocenters. The first kappa shape index (κ1) is 44.0. The summed E-state index contributed by atoms with van der Waals surface area (Å²) in [6.07, 6.45) is 0. The summed E-state index contributed by atoms with van der Waals surface area (Å²) in [5.74, 6) is 1.73. The molecule has 5 aromatic heterocycles. The molecule has 16 rings (SSSR count). The van der Waals surface area contributed by atoms with Crippen molar-refractivity contribution in [1.29, 1.82) is 0 Å². The van der Waals surface area contributed by atoms with E-state index in [9.17, 15) is 0 Å². The second kappa shape index (κ2) is 17.1. The van der Waals surface area contributed by atoms with E-state index in [0.717, 1.165) is 94.7 Å². The second-order valence-corrected chi connectivity index (χ2v) is 20.4. The van der Waals surface area contributed by atoms with Crippen molar-refractivity contribution in [2.75, 3.05) is 0 Å². The van der Waals surface area contributed by atoms with Crippen LogP contribution in [0.5, 0.6) is 0 Å². The van der Waals surface area contributed by atoms with Crippen LogP contribution in [-0.4, -0.2) is 33.2 Å². The zero-order chi connectivity index (χ0) is 51.6. The van der Waals surface area contributed by atoms with Gasteiger partial charge in [-0.05, 0) is 97.8 Å². The Morgan fingerprint density at radius 1 is 0.218 bits per heavy atom. The lowest BCUT2D eigenvalue weighted by atomic mass is 10.0. The van der Waals surface area contributed by atoms with E-state index in [-0.39, 0.29) is 0 Å². The normalized spacial score (nSPS) is 12.0. The van der Waals surface area contributed by atoms with Crippen LogP contribution in [0.2, 0.25) is 0 Å². The first-order valence-electron chi connectivity index (χ1n) is 26.6. The third-order valence-electron chi connectivity index (χ3n) is 16.2. The first-order chi connectivity index (χ1) is 38.6. The zero-order valence-corrected chi connectivity index (χ0v) is 42.8. The lowest BCUT2D eigenvalue weighted by Crippen LogP contribution is -2.07. The summed E-state index contributed by atoms with van der Waals surface area (Å²) in [7, 11) is 0. The van der Waals surface area contributed by atoms with Gasteiger partial charge >= 0.3 is 0 Å². The van der Waals surface area contributed by atoms with Crippen LogP contribution in [0, 0.1) is 13.8 Å². The molecule has 0 aliphatic rings. The lowest BCUT2D eigenvalue weighted by Gasteiger charge is -2.20. The highest BCUT2D eigenvalue weighted by Crippen LogP contribution is 2.43. The Morgan fingerprint density at radius 2 is 0.410 bits per heavy atom. The van der Waals surface area contributed by atoms with E-state index < -0.39 is 0 Å². The van der Waals surface area contributed by atoms with Gasteiger partial charge in [-0.2, -0.15) is 0 Å². The highest BCUT2D eigenvalue weighted by atomic mass is 15.1. The lowest BCUT2D eigenvalue weighted by molar-refractivity contribution is 1.05. The zero-order valence-electron chi connectivity index (χ0n) is 42.8. The number of fused-ring (bicyclic) bond motifs is 12. The van der Waals surface area contributed by atoms with Gasteiger partial charge in [0.1, 0.15) is 0 Å². The maximum atomic E-state index is 5.69. The predicted molar refractivity (Wildman–Crippen MR) is 323 cm³/mol. The summed E-state index contributed by atoms with van der Waals surface area (Å²) in [4.78, 5) is 16.7. The summed E-state index contributed by atoms with van der Waals surface area (Å²) in [6.45, 7) is 4.52. The van der Waals surface area contributed by atoms with Crippen molar-refractivity contribution in [3.8, 4) is 56.9 Å². The average Bonchev–Trinajstić information content (AvgIpc) is 4.24. The van der Waals surface area contributed by atoms with Crippen LogP contribution in [0.1, 0.15) is 11.1 Å². The number of nitrogens with zero attached hydrogens (tertiary/aromatic N) is 7. The van der Waals surface area contributed by atoms with Crippen molar-refractivity contribution >= 4 is 87.2 Å². The Morgan fingerprint density at radius 3 is 0.641 bits per heavy atom. The number of hydrogen-bond donors (Lipinski definition) is 0. The Bertz CT molecular complexity index is 4340. The highest BCUT2D eigenvalue weighted by molar-refractivity contribution is 6.13. The SMILES string of the molecule is Cc1c(-n2c3ccccc3c3ccccc32)cc(-c2nc(-c3ccccc3)nc(-c3cc(-n4c5ccccc5c5ccccc54)c(C)c(-n4c5ccccc5c5ccccc54)c3)n2)cc1-n1c2ccccc2c2ccccc21. The van der Waals surface area contributed by atoms with Gasteiger partial charge in [0.05, 0.1) is 66.9 Å². The van der Waals surface area contributed by atoms with Crippen molar-refractivity contribution in [1.82, 2.24) is 33.2 Å². The molecule has 7 heteroatoms. The first-order valence-corrected chi connectivity index (χ1v) is 26.6. The largest absolute Gasteiger partial charge is 0.309 e. The second-order valence-electron chi connectivity index (χ2n) is 20.4. The molecule has 11 aromatic carbocycles. The average molecular weight is 998 g/mol. The van der Waals surface area contributed by atoms with Crippen molar-refractivity contribution in [3.05, 3.63) is 260 Å². The van der Waals surface area contributed by atoms with Crippen LogP contribution in [0.3, 0.4) is 0 Å². The molecule has 0 atom stereocenters. The molecule has 0 aliphatic carbocycles. The standard InChI is InChI=1S/C71H47N7/c1-44-65(75-57-32-14-6-24-49(57)50-25-7-15-33-58(50)75)40-47(41-66(44)76-59-34-16-8-26-51(59)52-27-9-17-35-60(52)76)70-72-69(46-22-4-3-5-23-46)73-71(74-70)48-42-67(77-61-36-18-10-28-53(61)54-29-11-19-37-62(54)77)45(2)68(43-48)78-63-38-20-12-30-55(63)56-31-13-21-39-64(56)78/h3-43H,1-2H3. The maximum Gasteiger partial charge on any atom is 0.164 e. The highest BCUT2D eigenvalue weighted by Gasteiger charge is 2.25. The fourth-order valence-corrected chi connectivity index (χ4v) is 12.6. The molecule has 16 aromatic rings. The number of benzene rings is 11. The van der Waals surface area contributed by atoms with Crippen molar-refractivity contribution < 1.29 is 0 Å². The van der Waals surface area contributed by atoms with Gasteiger partial charge in [-0.25, -0.2) is 15.0 Å². The molecule has 78 heavy (non-hydrogen) atoms. The quantitative estimate of drug-likeness (QED) is 0.160. The number of para-hydroxylation sites is 8. The molecule has 0 amide bonds. The smallest absolute Gasteiger partial charge is 0.164 e. The molecule has 0 radical (unpaired) electrons. The van der Waals surface area contributed by atoms with E-state index in [4.69, 9.17) is 15.0 Å². The predicted octanol–water partition coefficient (Wildman–Crippen LogP) is 17.9. The molecular weight excluding hydrogens is 951 g/mol. The fraction of sp³-hybridized carbons (Fsp3) is 0.0282. The van der Waals surface area contributed by atoms with Crippen LogP contribution in [0.15, 0.2) is 249 Å². The van der Waals surface area contributed by atoms with Gasteiger partial charge in [0, 0.05) is 59.8 Å². The number of rotatable bonds is 7. The summed E-state index contributed by atoms with van der Waals surface area (Å²) in [6, 6.07) is 89.4. The van der Waals surface area contributed by atoms with E-state index in [1.54, 1.807) is 0 Å². The molecule has 0 fully saturated rings. The van der Waals surface area contributed by atoms with E-state index in [2.05, 4.69) is 275 Å².